The van der Waals surface area contributed by atoms with Gasteiger partial charge in [-0.3, -0.25) is 4.79 Å². The number of carboxylic acid groups (broad SMARTS) is 1. The molecule has 0 fully saturated rings. The first kappa shape index (κ1) is 17.9. The number of aromatic carboxylic acids is 1. The molecule has 0 spiro atoms. The van der Waals surface area contributed by atoms with Crippen molar-refractivity contribution >= 4 is 34.4 Å². The van der Waals surface area contributed by atoms with E-state index in [2.05, 4.69) is 5.10 Å². The second-order valence-electron chi connectivity index (χ2n) is 5.15. The Labute approximate surface area is 147 Å². The lowest BCUT2D eigenvalue weighted by molar-refractivity contribution is -0.255. The van der Waals surface area contributed by atoms with E-state index >= 15 is 0 Å². The van der Waals surface area contributed by atoms with Gasteiger partial charge >= 0.3 is 6.18 Å². The Hall–Kier alpha value is -2.94. The maximum atomic E-state index is 14.0. The van der Waals surface area contributed by atoms with Crippen LogP contribution in [0.3, 0.4) is 0 Å². The van der Waals surface area contributed by atoms with Crippen molar-refractivity contribution in [2.75, 3.05) is 0 Å². The van der Waals surface area contributed by atoms with Crippen molar-refractivity contribution in [1.29, 1.82) is 0 Å². The summed E-state index contributed by atoms with van der Waals surface area (Å²) < 4.78 is 54.0. The second-order valence-corrected chi connectivity index (χ2v) is 5.55. The Bertz CT molecular complexity index is 1060. The molecule has 0 aliphatic rings. The molecule has 10 heteroatoms. The number of nitrogens with zero attached hydrogens (tertiary/aromatic N) is 2. The number of carboxylic acids is 1. The number of benzene rings is 2. The van der Waals surface area contributed by atoms with E-state index in [1.807, 2.05) is 0 Å². The first-order valence-electron chi connectivity index (χ1n) is 6.92. The van der Waals surface area contributed by atoms with Crippen LogP contribution in [0.15, 0.2) is 36.4 Å². The first-order chi connectivity index (χ1) is 12.1. The molecule has 5 nitrogen and oxygen atoms in total. The highest BCUT2D eigenvalue weighted by Gasteiger charge is 2.37. The van der Waals surface area contributed by atoms with E-state index in [9.17, 15) is 32.3 Å². The molecule has 0 aliphatic heterocycles. The Kier molecular flexibility index (Phi) is 4.19. The van der Waals surface area contributed by atoms with E-state index < -0.39 is 51.1 Å². The van der Waals surface area contributed by atoms with Gasteiger partial charge in [-0.15, -0.1) is 0 Å². The molecule has 0 amide bonds. The third-order valence-electron chi connectivity index (χ3n) is 3.58. The number of carbonyl (C=O) groups excluding carboxylic acids is 2. The van der Waals surface area contributed by atoms with Gasteiger partial charge in [0.1, 0.15) is 11.5 Å². The Morgan fingerprint density at radius 2 is 1.77 bits per heavy atom. The largest absolute Gasteiger partial charge is 0.543 e. The highest BCUT2D eigenvalue weighted by molar-refractivity contribution is 6.34. The second kappa shape index (κ2) is 6.10. The zero-order valence-corrected chi connectivity index (χ0v) is 13.2. The molecule has 0 bridgehead atoms. The van der Waals surface area contributed by atoms with Crippen LogP contribution in [0.4, 0.5) is 17.6 Å². The van der Waals surface area contributed by atoms with E-state index in [1.54, 1.807) is 0 Å². The number of aromatic nitrogens is 2. The fraction of sp³-hybridized carbons (Fsp3) is 0.0625. The van der Waals surface area contributed by atoms with Crippen LogP contribution in [-0.2, 0) is 6.18 Å². The zero-order chi connectivity index (χ0) is 19.2. The molecule has 0 aliphatic carbocycles. The van der Waals surface area contributed by atoms with E-state index in [0.717, 1.165) is 30.3 Å². The van der Waals surface area contributed by atoms with Gasteiger partial charge in [0.15, 0.2) is 0 Å². The zero-order valence-electron chi connectivity index (χ0n) is 12.5. The molecule has 0 unspecified atom stereocenters. The van der Waals surface area contributed by atoms with Crippen molar-refractivity contribution in [2.24, 2.45) is 0 Å². The number of carbonyl (C=O) groups is 2. The minimum absolute atomic E-state index is 0.331. The molecule has 0 saturated heterocycles. The maximum absolute atomic E-state index is 14.0. The lowest BCUT2D eigenvalue weighted by Gasteiger charge is -2.13. The summed E-state index contributed by atoms with van der Waals surface area (Å²) in [5.74, 6) is -4.26. The van der Waals surface area contributed by atoms with Crippen molar-refractivity contribution in [3.63, 3.8) is 0 Å². The molecule has 1 heterocycles. The normalized spacial score (nSPS) is 11.7. The van der Waals surface area contributed by atoms with E-state index in [-0.39, 0.29) is 5.52 Å². The Balaban J connectivity index is 2.32. The van der Waals surface area contributed by atoms with Crippen LogP contribution in [0.25, 0.3) is 10.9 Å². The summed E-state index contributed by atoms with van der Waals surface area (Å²) in [5, 5.41) is 13.5. The third-order valence-corrected chi connectivity index (χ3v) is 3.89. The Morgan fingerprint density at radius 1 is 1.12 bits per heavy atom. The van der Waals surface area contributed by atoms with Gasteiger partial charge in [0.2, 0.25) is 0 Å². The van der Waals surface area contributed by atoms with Gasteiger partial charge in [0, 0.05) is 0 Å². The predicted molar refractivity (Wildman–Crippen MR) is 80.2 cm³/mol. The highest BCUT2D eigenvalue weighted by atomic mass is 35.5. The van der Waals surface area contributed by atoms with Crippen molar-refractivity contribution in [3.05, 3.63) is 64.1 Å². The van der Waals surface area contributed by atoms with Gasteiger partial charge in [-0.25, -0.2) is 4.39 Å². The number of fused-ring (bicyclic) bond motifs is 1. The highest BCUT2D eigenvalue weighted by Crippen LogP contribution is 2.36. The third kappa shape index (κ3) is 2.80. The van der Waals surface area contributed by atoms with E-state index in [0.29, 0.717) is 10.7 Å². The molecule has 1 aromatic heterocycles. The summed E-state index contributed by atoms with van der Waals surface area (Å²) in [7, 11) is 0. The van der Waals surface area contributed by atoms with Crippen LogP contribution in [0.2, 0.25) is 5.02 Å². The number of hydrogen-bond acceptors (Lipinski definition) is 4. The standard InChI is InChI=1S/C16H7ClF4N2O3/c17-8-4-1-3-7(16(19,20)21)11(8)14(24)23-10-6-2-5-9(18)12(10)13(22-23)15(25)26/h1-6H,(H,25,26)/p-1. The molecule has 0 radical (unpaired) electrons. The summed E-state index contributed by atoms with van der Waals surface area (Å²) >= 11 is 5.77. The Morgan fingerprint density at radius 3 is 2.38 bits per heavy atom. The van der Waals surface area contributed by atoms with Gasteiger partial charge < -0.3 is 9.90 Å². The van der Waals surface area contributed by atoms with Gasteiger partial charge in [-0.05, 0) is 24.3 Å². The number of rotatable bonds is 2. The van der Waals surface area contributed by atoms with Gasteiger partial charge in [0.05, 0.1) is 33.0 Å². The molecule has 0 saturated carbocycles. The molecule has 134 valence electrons. The minimum Gasteiger partial charge on any atom is -0.543 e. The monoisotopic (exact) mass is 385 g/mol. The van der Waals surface area contributed by atoms with Crippen molar-refractivity contribution < 1.29 is 32.3 Å². The molecule has 0 atom stereocenters. The number of halogens is 5. The number of alkyl halides is 3. The van der Waals surface area contributed by atoms with E-state index in [1.165, 1.54) is 0 Å². The molecular weight excluding hydrogens is 380 g/mol. The van der Waals surface area contributed by atoms with Crippen LogP contribution < -0.4 is 5.11 Å². The van der Waals surface area contributed by atoms with Crippen LogP contribution in [-0.4, -0.2) is 21.7 Å². The average molecular weight is 386 g/mol. The lowest BCUT2D eigenvalue weighted by Crippen LogP contribution is -2.25. The van der Waals surface area contributed by atoms with Crippen LogP contribution in [0.1, 0.15) is 26.4 Å². The van der Waals surface area contributed by atoms with Gasteiger partial charge in [0.25, 0.3) is 5.91 Å². The van der Waals surface area contributed by atoms with Crippen LogP contribution >= 0.6 is 11.6 Å². The molecule has 2 aromatic carbocycles. The lowest BCUT2D eigenvalue weighted by atomic mass is 10.1. The predicted octanol–water partition coefficient (Wildman–Crippen LogP) is 2.90. The smallest absolute Gasteiger partial charge is 0.417 e. The summed E-state index contributed by atoms with van der Waals surface area (Å²) in [5.41, 5.74) is -3.50. The van der Waals surface area contributed by atoms with E-state index in [4.69, 9.17) is 11.6 Å². The van der Waals surface area contributed by atoms with Gasteiger partial charge in [-0.2, -0.15) is 23.0 Å². The maximum Gasteiger partial charge on any atom is 0.417 e. The summed E-state index contributed by atoms with van der Waals surface area (Å²) in [6, 6.07) is 5.93. The van der Waals surface area contributed by atoms with Gasteiger partial charge in [-0.1, -0.05) is 23.7 Å². The first-order valence-corrected chi connectivity index (χ1v) is 7.29. The van der Waals surface area contributed by atoms with Crippen molar-refractivity contribution in [1.82, 2.24) is 9.78 Å². The fourth-order valence-electron chi connectivity index (χ4n) is 2.51. The SMILES string of the molecule is O=C([O-])c1nn(C(=O)c2c(Cl)cccc2C(F)(F)F)c2cccc(F)c12. The van der Waals surface area contributed by atoms with Crippen molar-refractivity contribution in [2.45, 2.75) is 6.18 Å². The molecule has 3 rings (SSSR count). The van der Waals surface area contributed by atoms with Crippen LogP contribution in [0, 0.1) is 5.82 Å². The minimum atomic E-state index is -4.90. The summed E-state index contributed by atoms with van der Waals surface area (Å²) in [6.45, 7) is 0. The van der Waals surface area contributed by atoms with Crippen molar-refractivity contribution in [3.8, 4) is 0 Å². The topological polar surface area (TPSA) is 75.0 Å². The fourth-order valence-corrected chi connectivity index (χ4v) is 2.76. The molecule has 0 N–H and O–H groups in total. The summed E-state index contributed by atoms with van der Waals surface area (Å²) in [6.07, 6.45) is -4.90. The molecular formula is C16H6ClF4N2O3-. The summed E-state index contributed by atoms with van der Waals surface area (Å²) in [4.78, 5) is 23.8. The number of hydrogen-bond donors (Lipinski definition) is 0. The van der Waals surface area contributed by atoms with Crippen LogP contribution in [0.5, 0.6) is 0 Å². The molecule has 3 aromatic rings. The quantitative estimate of drug-likeness (QED) is 0.636. The molecule has 26 heavy (non-hydrogen) atoms. The average Bonchev–Trinajstić information content (AvgIpc) is 2.94.